The van der Waals surface area contributed by atoms with Gasteiger partial charge in [0.15, 0.2) is 0 Å². The minimum Gasteiger partial charge on any atom is -0.481 e. The lowest BCUT2D eigenvalue weighted by molar-refractivity contribution is -0.139. The lowest BCUT2D eigenvalue weighted by Gasteiger charge is -2.34. The first-order chi connectivity index (χ1) is 24.9. The van der Waals surface area contributed by atoms with Crippen LogP contribution in [-0.4, -0.2) is 45.6 Å². The normalized spacial score (nSPS) is 16.6. The number of carboxylic acid groups (broad SMARTS) is 1. The highest BCUT2D eigenvalue weighted by Gasteiger charge is 2.40. The van der Waals surface area contributed by atoms with E-state index in [1.54, 1.807) is 27.7 Å². The Kier molecular flexibility index (Phi) is 11.9. The van der Waals surface area contributed by atoms with Crippen LogP contribution in [0.5, 0.6) is 0 Å². The molecule has 1 amide bonds. The van der Waals surface area contributed by atoms with Crippen LogP contribution >= 0.6 is 0 Å². The Morgan fingerprint density at radius 1 is 0.981 bits per heavy atom. The summed E-state index contributed by atoms with van der Waals surface area (Å²) in [6.45, 7) is 11.6. The predicted molar refractivity (Wildman–Crippen MR) is 192 cm³/mol. The number of aromatic nitrogens is 1. The molecule has 1 saturated heterocycles. The molecule has 0 spiro atoms. The summed E-state index contributed by atoms with van der Waals surface area (Å²) in [6, 6.07) is 2.70. The Bertz CT molecular complexity index is 1990. The standard InChI is InChI=1S/C41H46F5N3O4/c1-7-8-27-18-29(36-24(5)16-23(4)17-25(36)6)39(43)37(38(27)42)32(20-35(51)52)47-40(53)33(15-22(2)3)49-21-30(31(19-34(49)50)41(44,45)46)26-11-13-48(14-12-26)28-9-10-28/h16-19,21-22,26,28,32-33H,9-15,20H2,1-6H3,(H,47,53)(H,51,52)/t32-,33-/m0/s1. The number of nitrogens with zero attached hydrogens (tertiary/aromatic N) is 2. The molecule has 2 aliphatic rings. The van der Waals surface area contributed by atoms with Crippen LogP contribution in [-0.2, 0) is 15.8 Å². The van der Waals surface area contributed by atoms with Crippen LogP contribution in [0, 0.1) is 50.2 Å². The van der Waals surface area contributed by atoms with Gasteiger partial charge in [0.1, 0.15) is 17.7 Å². The van der Waals surface area contributed by atoms with Gasteiger partial charge in [-0.25, -0.2) is 8.78 Å². The van der Waals surface area contributed by atoms with Crippen LogP contribution in [0.2, 0.25) is 0 Å². The number of carboxylic acids is 1. The van der Waals surface area contributed by atoms with E-state index in [4.69, 9.17) is 0 Å². The smallest absolute Gasteiger partial charge is 0.416 e. The molecule has 0 unspecified atom stereocenters. The number of benzene rings is 2. The van der Waals surface area contributed by atoms with Crippen molar-refractivity contribution in [3.63, 3.8) is 0 Å². The number of aliphatic carboxylic acids is 1. The molecule has 2 atom stereocenters. The highest BCUT2D eigenvalue weighted by molar-refractivity contribution is 5.82. The van der Waals surface area contributed by atoms with E-state index >= 15 is 8.78 Å². The number of halogens is 5. The molecule has 5 rings (SSSR count). The molecule has 53 heavy (non-hydrogen) atoms. The fourth-order valence-electron chi connectivity index (χ4n) is 7.83. The Balaban J connectivity index is 1.61. The van der Waals surface area contributed by atoms with Crippen molar-refractivity contribution < 1.29 is 36.6 Å². The van der Waals surface area contributed by atoms with Crippen molar-refractivity contribution >= 4 is 11.9 Å². The SMILES string of the molecule is CC#Cc1cc(-c2c(C)cc(C)cc2C)c(F)c([C@H](CC(=O)O)NC(=O)[C@H](CC(C)C)n2cc(C3CCN(C4CC4)CC3)c(C(F)(F)F)cc2=O)c1F. The number of amides is 1. The van der Waals surface area contributed by atoms with Gasteiger partial charge >= 0.3 is 12.1 Å². The molecular weight excluding hydrogens is 693 g/mol. The molecule has 12 heteroatoms. The van der Waals surface area contributed by atoms with E-state index in [2.05, 4.69) is 22.1 Å². The van der Waals surface area contributed by atoms with Crippen molar-refractivity contribution in [1.82, 2.24) is 14.8 Å². The van der Waals surface area contributed by atoms with Gasteiger partial charge in [0.2, 0.25) is 5.91 Å². The summed E-state index contributed by atoms with van der Waals surface area (Å²) in [5.74, 6) is -0.238. The summed E-state index contributed by atoms with van der Waals surface area (Å²) in [5, 5.41) is 12.4. The Labute approximate surface area is 306 Å². The van der Waals surface area contributed by atoms with E-state index in [1.165, 1.54) is 13.0 Å². The highest BCUT2D eigenvalue weighted by atomic mass is 19.4. The summed E-state index contributed by atoms with van der Waals surface area (Å²) in [6.07, 6.45) is -1.67. The van der Waals surface area contributed by atoms with E-state index < -0.39 is 70.8 Å². The van der Waals surface area contributed by atoms with Gasteiger partial charge in [-0.1, -0.05) is 37.5 Å². The van der Waals surface area contributed by atoms with Crippen LogP contribution in [0.3, 0.4) is 0 Å². The van der Waals surface area contributed by atoms with Crippen LogP contribution in [0.4, 0.5) is 22.0 Å². The molecule has 1 aromatic heterocycles. The quantitative estimate of drug-likeness (QED) is 0.152. The van der Waals surface area contributed by atoms with Gasteiger partial charge in [-0.15, -0.1) is 5.92 Å². The maximum Gasteiger partial charge on any atom is 0.416 e. The molecule has 1 saturated carbocycles. The van der Waals surface area contributed by atoms with Crippen molar-refractivity contribution in [2.75, 3.05) is 13.1 Å². The van der Waals surface area contributed by atoms with Crippen molar-refractivity contribution in [2.24, 2.45) is 5.92 Å². The Morgan fingerprint density at radius 2 is 1.60 bits per heavy atom. The second-order valence-corrected chi connectivity index (χ2v) is 14.9. The number of rotatable bonds is 11. The second-order valence-electron chi connectivity index (χ2n) is 14.9. The second kappa shape index (κ2) is 15.8. The number of carbonyl (C=O) groups excluding carboxylic acids is 1. The fraction of sp³-hybridized carbons (Fsp3) is 0.488. The zero-order valence-corrected chi connectivity index (χ0v) is 30.9. The average Bonchev–Trinajstić information content (AvgIpc) is 3.90. The summed E-state index contributed by atoms with van der Waals surface area (Å²) < 4.78 is 77.2. The first-order valence-electron chi connectivity index (χ1n) is 18.0. The molecule has 1 aliphatic carbocycles. The molecule has 2 N–H and O–H groups in total. The lowest BCUT2D eigenvalue weighted by Crippen LogP contribution is -2.41. The van der Waals surface area contributed by atoms with E-state index in [9.17, 15) is 32.7 Å². The Morgan fingerprint density at radius 3 is 2.13 bits per heavy atom. The van der Waals surface area contributed by atoms with Gasteiger partial charge in [-0.3, -0.25) is 14.4 Å². The van der Waals surface area contributed by atoms with E-state index in [0.717, 1.165) is 29.2 Å². The molecule has 0 radical (unpaired) electrons. The fourth-order valence-corrected chi connectivity index (χ4v) is 7.83. The minimum absolute atomic E-state index is 0.0320. The third-order valence-corrected chi connectivity index (χ3v) is 10.3. The number of hydrogen-bond acceptors (Lipinski definition) is 4. The highest BCUT2D eigenvalue weighted by Crippen LogP contribution is 2.41. The largest absolute Gasteiger partial charge is 0.481 e. The molecule has 7 nitrogen and oxygen atoms in total. The third-order valence-electron chi connectivity index (χ3n) is 10.3. The van der Waals surface area contributed by atoms with E-state index in [0.29, 0.717) is 54.7 Å². The third kappa shape index (κ3) is 8.84. The number of alkyl halides is 3. The van der Waals surface area contributed by atoms with Crippen molar-refractivity contribution in [2.45, 2.75) is 110 Å². The van der Waals surface area contributed by atoms with Gasteiger partial charge in [0.05, 0.1) is 23.6 Å². The van der Waals surface area contributed by atoms with Gasteiger partial charge in [0, 0.05) is 29.4 Å². The maximum atomic E-state index is 16.7. The number of pyridine rings is 1. The number of hydrogen-bond donors (Lipinski definition) is 2. The molecule has 2 aromatic carbocycles. The molecule has 1 aliphatic heterocycles. The Hall–Kier alpha value is -4.50. The molecule has 2 heterocycles. The summed E-state index contributed by atoms with van der Waals surface area (Å²) in [7, 11) is 0. The molecule has 2 fully saturated rings. The number of piperidine rings is 1. The number of likely N-dealkylation sites (tertiary alicyclic amines) is 1. The van der Waals surface area contributed by atoms with Crippen LogP contribution < -0.4 is 10.9 Å². The van der Waals surface area contributed by atoms with Crippen LogP contribution in [0.25, 0.3) is 11.1 Å². The van der Waals surface area contributed by atoms with Gasteiger partial charge in [-0.2, -0.15) is 13.2 Å². The number of nitrogens with one attached hydrogen (secondary N) is 1. The van der Waals surface area contributed by atoms with Crippen LogP contribution in [0.1, 0.15) is 116 Å². The topological polar surface area (TPSA) is 91.6 Å². The monoisotopic (exact) mass is 739 g/mol. The van der Waals surface area contributed by atoms with E-state index in [1.807, 2.05) is 19.1 Å². The zero-order chi connectivity index (χ0) is 38.9. The van der Waals surface area contributed by atoms with Crippen molar-refractivity contribution in [3.05, 3.63) is 91.4 Å². The summed E-state index contributed by atoms with van der Waals surface area (Å²) in [4.78, 5) is 42.2. The number of aryl methyl sites for hydroxylation is 3. The molecular formula is C41H46F5N3O4. The van der Waals surface area contributed by atoms with Crippen LogP contribution in [0.15, 0.2) is 35.3 Å². The van der Waals surface area contributed by atoms with E-state index in [-0.39, 0.29) is 29.0 Å². The predicted octanol–water partition coefficient (Wildman–Crippen LogP) is 8.37. The summed E-state index contributed by atoms with van der Waals surface area (Å²) >= 11 is 0. The first kappa shape index (κ1) is 39.7. The van der Waals surface area contributed by atoms with Gasteiger partial charge in [0.25, 0.3) is 5.56 Å². The lowest BCUT2D eigenvalue weighted by atomic mass is 9.87. The maximum absolute atomic E-state index is 16.7. The summed E-state index contributed by atoms with van der Waals surface area (Å²) in [5.41, 5.74) is -0.445. The number of carbonyl (C=O) groups is 2. The average molecular weight is 740 g/mol. The van der Waals surface area contributed by atoms with Crippen molar-refractivity contribution in [3.8, 4) is 23.0 Å². The molecule has 0 bridgehead atoms. The van der Waals surface area contributed by atoms with Gasteiger partial charge < -0.3 is 19.9 Å². The van der Waals surface area contributed by atoms with Gasteiger partial charge in [-0.05, 0) is 113 Å². The minimum atomic E-state index is -4.82. The molecule has 3 aromatic rings. The van der Waals surface area contributed by atoms with Crippen molar-refractivity contribution in [1.29, 1.82) is 0 Å². The first-order valence-corrected chi connectivity index (χ1v) is 18.0. The molecule has 284 valence electrons. The zero-order valence-electron chi connectivity index (χ0n) is 30.9.